The number of anilines is 1. The maximum Gasteiger partial charge on any atom is 0.170 e. The second-order valence-corrected chi connectivity index (χ2v) is 4.60. The Morgan fingerprint density at radius 3 is 2.61 bits per heavy atom. The zero-order valence-electron chi connectivity index (χ0n) is 11.0. The molecule has 1 rings (SSSR count). The van der Waals surface area contributed by atoms with Gasteiger partial charge >= 0.3 is 0 Å². The van der Waals surface area contributed by atoms with Crippen molar-refractivity contribution in [3.63, 3.8) is 0 Å². The van der Waals surface area contributed by atoms with E-state index in [-0.39, 0.29) is 5.84 Å². The van der Waals surface area contributed by atoms with Crippen LogP contribution in [0, 0.1) is 0 Å². The van der Waals surface area contributed by atoms with E-state index in [9.17, 15) is 0 Å². The molecule has 0 aromatic heterocycles. The molecule has 1 aromatic rings. The topological polar surface area (TPSA) is 61.8 Å². The molecule has 18 heavy (non-hydrogen) atoms. The third-order valence-electron chi connectivity index (χ3n) is 3.12. The van der Waals surface area contributed by atoms with Gasteiger partial charge in [-0.15, -0.1) is 0 Å². The first-order valence-electron chi connectivity index (χ1n) is 6.09. The number of nitrogens with zero attached hydrogens (tertiary/aromatic N) is 2. The van der Waals surface area contributed by atoms with Crippen LogP contribution < -0.4 is 10.6 Å². The van der Waals surface area contributed by atoms with Crippen LogP contribution >= 0.6 is 11.6 Å². The molecule has 0 radical (unpaired) electrons. The molecule has 0 aliphatic heterocycles. The molecule has 1 aromatic carbocycles. The van der Waals surface area contributed by atoms with Crippen LogP contribution in [0.1, 0.15) is 32.8 Å². The van der Waals surface area contributed by atoms with Crippen molar-refractivity contribution in [2.24, 2.45) is 10.9 Å². The summed E-state index contributed by atoms with van der Waals surface area (Å²) in [6.07, 6.45) is 1.05. The minimum Gasteiger partial charge on any atom is -0.409 e. The molecule has 0 aliphatic rings. The van der Waals surface area contributed by atoms with Crippen LogP contribution in [0.5, 0.6) is 0 Å². The summed E-state index contributed by atoms with van der Waals surface area (Å²) < 4.78 is 0. The lowest BCUT2D eigenvalue weighted by Crippen LogP contribution is -2.32. The number of benzene rings is 1. The van der Waals surface area contributed by atoms with Crippen LogP contribution in [0.25, 0.3) is 0 Å². The van der Waals surface area contributed by atoms with Crippen molar-refractivity contribution in [1.29, 1.82) is 0 Å². The monoisotopic (exact) mass is 269 g/mol. The molecule has 0 saturated heterocycles. The van der Waals surface area contributed by atoms with Crippen molar-refractivity contribution in [3.05, 3.63) is 28.8 Å². The number of hydrogen-bond acceptors (Lipinski definition) is 3. The van der Waals surface area contributed by atoms with E-state index in [2.05, 4.69) is 30.8 Å². The van der Waals surface area contributed by atoms with Crippen LogP contribution in [0.4, 0.5) is 5.69 Å². The molecule has 0 bridgehead atoms. The molecule has 5 heteroatoms. The lowest BCUT2D eigenvalue weighted by Gasteiger charge is -2.30. The van der Waals surface area contributed by atoms with Gasteiger partial charge in [-0.05, 0) is 38.5 Å². The van der Waals surface area contributed by atoms with Crippen LogP contribution in [0.2, 0.25) is 5.02 Å². The molecule has 0 fully saturated rings. The number of rotatable bonds is 5. The van der Waals surface area contributed by atoms with E-state index in [1.807, 2.05) is 6.07 Å². The molecule has 0 heterocycles. The number of oxime groups is 1. The minimum absolute atomic E-state index is 0.0649. The van der Waals surface area contributed by atoms with E-state index < -0.39 is 0 Å². The van der Waals surface area contributed by atoms with E-state index in [0.29, 0.717) is 16.6 Å². The lowest BCUT2D eigenvalue weighted by atomic mass is 10.1. The summed E-state index contributed by atoms with van der Waals surface area (Å²) in [5.74, 6) is 0.0649. The second kappa shape index (κ2) is 6.50. The normalized spacial score (nSPS) is 13.4. The van der Waals surface area contributed by atoms with Gasteiger partial charge in [0, 0.05) is 18.2 Å². The van der Waals surface area contributed by atoms with E-state index >= 15 is 0 Å². The standard InChI is InChI=1S/C13H20ClN3O/c1-4-9(3)17(5-2)12-7-6-10(8-11(12)14)13(15)16-18/h6-9,18H,4-5H2,1-3H3,(H2,15,16). The number of amidine groups is 1. The average molecular weight is 270 g/mol. The van der Waals surface area contributed by atoms with Gasteiger partial charge in [-0.1, -0.05) is 23.7 Å². The zero-order valence-corrected chi connectivity index (χ0v) is 11.8. The lowest BCUT2D eigenvalue weighted by molar-refractivity contribution is 0.318. The smallest absolute Gasteiger partial charge is 0.170 e. The van der Waals surface area contributed by atoms with Gasteiger partial charge in [0.2, 0.25) is 0 Å². The molecule has 3 N–H and O–H groups in total. The molecule has 1 unspecified atom stereocenters. The van der Waals surface area contributed by atoms with Crippen molar-refractivity contribution in [3.8, 4) is 0 Å². The number of halogens is 1. The molecule has 1 atom stereocenters. The highest BCUT2D eigenvalue weighted by Crippen LogP contribution is 2.28. The Morgan fingerprint density at radius 2 is 2.17 bits per heavy atom. The fraction of sp³-hybridized carbons (Fsp3) is 0.462. The van der Waals surface area contributed by atoms with Crippen molar-refractivity contribution in [2.75, 3.05) is 11.4 Å². The molecule has 0 spiro atoms. The highest BCUT2D eigenvalue weighted by Gasteiger charge is 2.15. The summed E-state index contributed by atoms with van der Waals surface area (Å²) >= 11 is 6.27. The van der Waals surface area contributed by atoms with E-state index in [4.69, 9.17) is 22.5 Å². The Balaban J connectivity index is 3.11. The molecule has 0 aliphatic carbocycles. The van der Waals surface area contributed by atoms with Gasteiger partial charge < -0.3 is 15.8 Å². The van der Waals surface area contributed by atoms with E-state index in [1.54, 1.807) is 12.1 Å². The zero-order chi connectivity index (χ0) is 13.7. The van der Waals surface area contributed by atoms with Gasteiger partial charge in [0.1, 0.15) is 0 Å². The quantitative estimate of drug-likeness (QED) is 0.374. The Labute approximate surface area is 113 Å². The van der Waals surface area contributed by atoms with Crippen LogP contribution in [-0.4, -0.2) is 23.6 Å². The molecule has 0 saturated carbocycles. The van der Waals surface area contributed by atoms with Crippen LogP contribution in [-0.2, 0) is 0 Å². The highest BCUT2D eigenvalue weighted by atomic mass is 35.5. The largest absolute Gasteiger partial charge is 0.409 e. The maximum absolute atomic E-state index is 8.64. The molecule has 4 nitrogen and oxygen atoms in total. The van der Waals surface area contributed by atoms with Crippen LogP contribution in [0.3, 0.4) is 0 Å². The summed E-state index contributed by atoms with van der Waals surface area (Å²) in [5.41, 5.74) is 7.13. The fourth-order valence-electron chi connectivity index (χ4n) is 1.90. The summed E-state index contributed by atoms with van der Waals surface area (Å²) in [6, 6.07) is 5.85. The average Bonchev–Trinajstić information content (AvgIpc) is 2.39. The predicted octanol–water partition coefficient (Wildman–Crippen LogP) is 3.06. The Hall–Kier alpha value is -1.42. The van der Waals surface area contributed by atoms with Crippen molar-refractivity contribution >= 4 is 23.1 Å². The molecule has 0 amide bonds. The van der Waals surface area contributed by atoms with E-state index in [1.165, 1.54) is 0 Å². The highest BCUT2D eigenvalue weighted by molar-refractivity contribution is 6.33. The number of hydrogen-bond donors (Lipinski definition) is 2. The molecule has 100 valence electrons. The summed E-state index contributed by atoms with van der Waals surface area (Å²) in [4.78, 5) is 2.23. The SMILES string of the molecule is CCC(C)N(CC)c1ccc(C(N)=NO)cc1Cl. The third kappa shape index (κ3) is 3.07. The first-order valence-corrected chi connectivity index (χ1v) is 6.47. The summed E-state index contributed by atoms with van der Waals surface area (Å²) in [5, 5.41) is 12.2. The third-order valence-corrected chi connectivity index (χ3v) is 3.43. The molecular weight excluding hydrogens is 250 g/mol. The minimum atomic E-state index is 0.0649. The summed E-state index contributed by atoms with van der Waals surface area (Å²) in [6.45, 7) is 7.29. The van der Waals surface area contributed by atoms with Crippen molar-refractivity contribution in [1.82, 2.24) is 0 Å². The first kappa shape index (κ1) is 14.6. The maximum atomic E-state index is 8.64. The Morgan fingerprint density at radius 1 is 1.50 bits per heavy atom. The fourth-order valence-corrected chi connectivity index (χ4v) is 2.19. The number of nitrogens with two attached hydrogens (primary N) is 1. The Kier molecular flexibility index (Phi) is 5.28. The summed E-state index contributed by atoms with van der Waals surface area (Å²) in [7, 11) is 0. The van der Waals surface area contributed by atoms with Gasteiger partial charge in [0.05, 0.1) is 10.7 Å². The van der Waals surface area contributed by atoms with Crippen molar-refractivity contribution < 1.29 is 5.21 Å². The van der Waals surface area contributed by atoms with Gasteiger partial charge in [0.15, 0.2) is 5.84 Å². The van der Waals surface area contributed by atoms with Crippen molar-refractivity contribution in [2.45, 2.75) is 33.2 Å². The van der Waals surface area contributed by atoms with E-state index in [0.717, 1.165) is 18.7 Å². The Bertz CT molecular complexity index is 434. The van der Waals surface area contributed by atoms with Gasteiger partial charge in [-0.25, -0.2) is 0 Å². The first-order chi connectivity index (χ1) is 8.54. The second-order valence-electron chi connectivity index (χ2n) is 4.19. The van der Waals surface area contributed by atoms with Gasteiger partial charge in [0.25, 0.3) is 0 Å². The van der Waals surface area contributed by atoms with Crippen LogP contribution in [0.15, 0.2) is 23.4 Å². The predicted molar refractivity (Wildman–Crippen MR) is 76.7 cm³/mol. The molecular formula is C13H20ClN3O. The van der Waals surface area contributed by atoms with Gasteiger partial charge in [-0.3, -0.25) is 0 Å². The van der Waals surface area contributed by atoms with Gasteiger partial charge in [-0.2, -0.15) is 0 Å².